The number of pyridine rings is 1. The van der Waals surface area contributed by atoms with Crippen LogP contribution < -0.4 is 20.3 Å². The van der Waals surface area contributed by atoms with Crippen LogP contribution in [-0.4, -0.2) is 68.7 Å². The first-order chi connectivity index (χ1) is 11.0. The molecule has 0 bridgehead atoms. The van der Waals surface area contributed by atoms with Gasteiger partial charge in [-0.3, -0.25) is 4.79 Å². The van der Waals surface area contributed by atoms with Crippen LogP contribution in [0.3, 0.4) is 0 Å². The fraction of sp³-hybridized carbons (Fsp3) is 0.533. The summed E-state index contributed by atoms with van der Waals surface area (Å²) in [5, 5.41) is 4.91. The summed E-state index contributed by atoms with van der Waals surface area (Å²) in [5.41, 5.74) is 0. The molecule has 1 aromatic rings. The Bertz CT molecular complexity index is 564. The molecule has 0 aliphatic carbocycles. The third-order valence-corrected chi connectivity index (χ3v) is 3.59. The summed E-state index contributed by atoms with van der Waals surface area (Å²) in [6, 6.07) is 3.34. The first-order valence-corrected chi connectivity index (χ1v) is 7.53. The van der Waals surface area contributed by atoms with Gasteiger partial charge in [-0.25, -0.2) is 9.78 Å². The van der Waals surface area contributed by atoms with Crippen LogP contribution in [0.2, 0.25) is 0 Å². The molecule has 1 aliphatic rings. The van der Waals surface area contributed by atoms with E-state index in [9.17, 15) is 9.59 Å². The third-order valence-electron chi connectivity index (χ3n) is 3.59. The SMILES string of the molecule is CNC(=O)NCC(=O)N1CC[C@@H](Oc2cccnc2N(C)C)C1. The number of ether oxygens (including phenoxy) is 1. The normalized spacial score (nSPS) is 16.8. The highest BCUT2D eigenvalue weighted by Gasteiger charge is 2.28. The Morgan fingerprint density at radius 3 is 2.96 bits per heavy atom. The fourth-order valence-corrected chi connectivity index (χ4v) is 2.40. The topological polar surface area (TPSA) is 86.8 Å². The van der Waals surface area contributed by atoms with Crippen LogP contribution in [0.4, 0.5) is 10.6 Å². The second-order valence-corrected chi connectivity index (χ2v) is 5.52. The molecule has 2 heterocycles. The number of urea groups is 1. The second-order valence-electron chi connectivity index (χ2n) is 5.52. The van der Waals surface area contributed by atoms with Crippen LogP contribution in [-0.2, 0) is 4.79 Å². The van der Waals surface area contributed by atoms with Crippen molar-refractivity contribution in [2.75, 3.05) is 45.7 Å². The van der Waals surface area contributed by atoms with Crippen molar-refractivity contribution in [2.24, 2.45) is 0 Å². The zero-order valence-electron chi connectivity index (χ0n) is 13.7. The quantitative estimate of drug-likeness (QED) is 0.801. The maximum Gasteiger partial charge on any atom is 0.314 e. The fourth-order valence-electron chi connectivity index (χ4n) is 2.40. The minimum Gasteiger partial charge on any atom is -0.485 e. The van der Waals surface area contributed by atoms with Gasteiger partial charge in [-0.2, -0.15) is 0 Å². The first kappa shape index (κ1) is 16.9. The highest BCUT2D eigenvalue weighted by atomic mass is 16.5. The molecule has 0 radical (unpaired) electrons. The van der Waals surface area contributed by atoms with Crippen molar-refractivity contribution in [2.45, 2.75) is 12.5 Å². The smallest absolute Gasteiger partial charge is 0.314 e. The van der Waals surface area contributed by atoms with Gasteiger partial charge < -0.3 is 25.2 Å². The summed E-state index contributed by atoms with van der Waals surface area (Å²) < 4.78 is 6.00. The van der Waals surface area contributed by atoms with E-state index in [0.717, 1.165) is 12.2 Å². The average Bonchev–Trinajstić information content (AvgIpc) is 3.01. The zero-order chi connectivity index (χ0) is 16.8. The lowest BCUT2D eigenvalue weighted by atomic mass is 10.3. The summed E-state index contributed by atoms with van der Waals surface area (Å²) in [7, 11) is 5.32. The molecule has 23 heavy (non-hydrogen) atoms. The molecule has 2 rings (SSSR count). The average molecular weight is 321 g/mol. The van der Waals surface area contributed by atoms with E-state index in [4.69, 9.17) is 4.74 Å². The molecule has 0 spiro atoms. The second kappa shape index (κ2) is 7.66. The number of amides is 3. The molecule has 2 N–H and O–H groups in total. The van der Waals surface area contributed by atoms with Crippen molar-refractivity contribution in [3.63, 3.8) is 0 Å². The Hall–Kier alpha value is -2.51. The molecule has 1 atom stereocenters. The number of rotatable bonds is 5. The van der Waals surface area contributed by atoms with Crippen molar-refractivity contribution >= 4 is 17.8 Å². The van der Waals surface area contributed by atoms with Gasteiger partial charge in [0.25, 0.3) is 0 Å². The molecule has 0 aromatic carbocycles. The number of nitrogens with zero attached hydrogens (tertiary/aromatic N) is 3. The van der Waals surface area contributed by atoms with Crippen LogP contribution in [0.1, 0.15) is 6.42 Å². The number of carbonyl (C=O) groups excluding carboxylic acids is 2. The van der Waals surface area contributed by atoms with E-state index in [1.54, 1.807) is 11.1 Å². The number of aromatic nitrogens is 1. The molecule has 0 unspecified atom stereocenters. The Balaban J connectivity index is 1.88. The third kappa shape index (κ3) is 4.48. The van der Waals surface area contributed by atoms with Gasteiger partial charge in [-0.15, -0.1) is 0 Å². The Kier molecular flexibility index (Phi) is 5.61. The largest absolute Gasteiger partial charge is 0.485 e. The minimum atomic E-state index is -0.365. The molecule has 3 amide bonds. The van der Waals surface area contributed by atoms with Crippen molar-refractivity contribution in [3.8, 4) is 5.75 Å². The van der Waals surface area contributed by atoms with E-state index in [1.807, 2.05) is 31.1 Å². The lowest BCUT2D eigenvalue weighted by Gasteiger charge is -2.20. The van der Waals surface area contributed by atoms with E-state index >= 15 is 0 Å². The van der Waals surface area contributed by atoms with E-state index in [1.165, 1.54) is 7.05 Å². The molecule has 1 aromatic heterocycles. The summed E-state index contributed by atoms with van der Waals surface area (Å²) in [4.78, 5) is 31.0. The molecule has 8 heteroatoms. The maximum absolute atomic E-state index is 12.0. The lowest BCUT2D eigenvalue weighted by molar-refractivity contribution is -0.129. The molecule has 1 saturated heterocycles. The summed E-state index contributed by atoms with van der Waals surface area (Å²) in [5.74, 6) is 1.36. The van der Waals surface area contributed by atoms with Crippen molar-refractivity contribution in [1.82, 2.24) is 20.5 Å². The number of likely N-dealkylation sites (tertiary alicyclic amines) is 1. The zero-order valence-corrected chi connectivity index (χ0v) is 13.7. The Morgan fingerprint density at radius 1 is 1.48 bits per heavy atom. The number of hydrogen-bond acceptors (Lipinski definition) is 5. The first-order valence-electron chi connectivity index (χ1n) is 7.53. The highest BCUT2D eigenvalue weighted by Crippen LogP contribution is 2.26. The molecule has 1 aliphatic heterocycles. The van der Waals surface area contributed by atoms with Crippen molar-refractivity contribution in [1.29, 1.82) is 0 Å². The maximum atomic E-state index is 12.0. The Morgan fingerprint density at radius 2 is 2.26 bits per heavy atom. The molecular formula is C15H23N5O3. The van der Waals surface area contributed by atoms with Crippen LogP contribution >= 0.6 is 0 Å². The molecule has 0 saturated carbocycles. The lowest BCUT2D eigenvalue weighted by Crippen LogP contribution is -2.42. The van der Waals surface area contributed by atoms with Crippen LogP contribution in [0, 0.1) is 0 Å². The molecular weight excluding hydrogens is 298 g/mol. The predicted octanol–water partition coefficient (Wildman–Crippen LogP) is 0.0563. The predicted molar refractivity (Wildman–Crippen MR) is 86.6 cm³/mol. The highest BCUT2D eigenvalue weighted by molar-refractivity contribution is 5.84. The summed E-state index contributed by atoms with van der Waals surface area (Å²) in [6.45, 7) is 1.12. The van der Waals surface area contributed by atoms with Gasteiger partial charge in [-0.1, -0.05) is 0 Å². The number of hydrogen-bond donors (Lipinski definition) is 2. The van der Waals surface area contributed by atoms with Gasteiger partial charge in [0.1, 0.15) is 6.10 Å². The van der Waals surface area contributed by atoms with Gasteiger partial charge in [0.15, 0.2) is 11.6 Å². The number of anilines is 1. The van der Waals surface area contributed by atoms with E-state index in [2.05, 4.69) is 15.6 Å². The van der Waals surface area contributed by atoms with Gasteiger partial charge in [0.05, 0.1) is 13.1 Å². The van der Waals surface area contributed by atoms with Crippen molar-refractivity contribution < 1.29 is 14.3 Å². The van der Waals surface area contributed by atoms with E-state index in [-0.39, 0.29) is 24.6 Å². The van der Waals surface area contributed by atoms with Crippen LogP contribution in [0.5, 0.6) is 5.75 Å². The number of carbonyl (C=O) groups is 2. The molecule has 8 nitrogen and oxygen atoms in total. The van der Waals surface area contributed by atoms with Gasteiger partial charge >= 0.3 is 6.03 Å². The van der Waals surface area contributed by atoms with Crippen LogP contribution in [0.15, 0.2) is 18.3 Å². The van der Waals surface area contributed by atoms with E-state index in [0.29, 0.717) is 18.8 Å². The molecule has 126 valence electrons. The number of nitrogens with one attached hydrogen (secondary N) is 2. The van der Waals surface area contributed by atoms with Crippen molar-refractivity contribution in [3.05, 3.63) is 18.3 Å². The minimum absolute atomic E-state index is 0.0117. The standard InChI is InChI=1S/C15H23N5O3/c1-16-15(22)18-9-13(21)20-8-6-11(10-20)23-12-5-4-7-17-14(12)19(2)3/h4-5,7,11H,6,8-10H2,1-3H3,(H2,16,18,22)/t11-/m1/s1. The summed E-state index contributed by atoms with van der Waals surface area (Å²) >= 11 is 0. The van der Waals surface area contributed by atoms with Gasteiger partial charge in [-0.05, 0) is 12.1 Å². The van der Waals surface area contributed by atoms with Crippen LogP contribution in [0.25, 0.3) is 0 Å². The monoisotopic (exact) mass is 321 g/mol. The summed E-state index contributed by atoms with van der Waals surface area (Å²) in [6.07, 6.45) is 2.41. The Labute approximate surface area is 135 Å². The van der Waals surface area contributed by atoms with Gasteiger partial charge in [0, 0.05) is 40.3 Å². The molecule has 1 fully saturated rings. The van der Waals surface area contributed by atoms with E-state index < -0.39 is 0 Å². The van der Waals surface area contributed by atoms with Gasteiger partial charge in [0.2, 0.25) is 5.91 Å².